The van der Waals surface area contributed by atoms with Gasteiger partial charge in [-0.2, -0.15) is 0 Å². The van der Waals surface area contributed by atoms with Crippen molar-refractivity contribution in [2.24, 2.45) is 0 Å². The summed E-state index contributed by atoms with van der Waals surface area (Å²) >= 11 is 2.76. The molecule has 0 bridgehead atoms. The normalized spacial score (nSPS) is 11.3. The van der Waals surface area contributed by atoms with Crippen molar-refractivity contribution in [3.63, 3.8) is 0 Å². The maximum atomic E-state index is 13.4. The predicted octanol–water partition coefficient (Wildman–Crippen LogP) is 7.31. The summed E-state index contributed by atoms with van der Waals surface area (Å²) in [6.07, 6.45) is 0. The number of nitrogens with one attached hydrogen (secondary N) is 1. The number of hydrogen-bond acceptors (Lipinski definition) is 6. The Hall–Kier alpha value is -3.62. The number of hydrogen-bond donors (Lipinski definition) is 2. The molecule has 0 saturated carbocycles. The highest BCUT2D eigenvalue weighted by molar-refractivity contribution is 8.01. The van der Waals surface area contributed by atoms with Crippen molar-refractivity contribution in [1.82, 2.24) is 4.98 Å². The molecule has 0 unspecified atom stereocenters. The molecule has 1 aromatic heterocycles. The lowest BCUT2D eigenvalue weighted by Gasteiger charge is -2.19. The van der Waals surface area contributed by atoms with Crippen LogP contribution in [0, 0.1) is 13.8 Å². The topological polar surface area (TPSA) is 88.5 Å². The first-order chi connectivity index (χ1) is 17.6. The van der Waals surface area contributed by atoms with Gasteiger partial charge in [0.1, 0.15) is 21.2 Å². The van der Waals surface area contributed by atoms with E-state index in [1.54, 1.807) is 45.2 Å². The summed E-state index contributed by atoms with van der Waals surface area (Å²) in [6.45, 7) is 7.36. The van der Waals surface area contributed by atoms with Crippen LogP contribution in [-0.4, -0.2) is 33.8 Å². The second-order valence-electron chi connectivity index (χ2n) is 9.14. The summed E-state index contributed by atoms with van der Waals surface area (Å²) in [7, 11) is 1.60. The van der Waals surface area contributed by atoms with Gasteiger partial charge < -0.3 is 15.2 Å². The largest absolute Gasteiger partial charge is 0.497 e. The minimum absolute atomic E-state index is 0.295. The van der Waals surface area contributed by atoms with Gasteiger partial charge in [0.25, 0.3) is 5.91 Å². The molecular formula is C29H28N2O4S2. The summed E-state index contributed by atoms with van der Waals surface area (Å²) < 4.78 is 4.26. The number of ether oxygens (including phenoxy) is 1. The van der Waals surface area contributed by atoms with Gasteiger partial charge in [-0.15, -0.1) is 23.1 Å². The van der Waals surface area contributed by atoms with Crippen LogP contribution in [0.1, 0.15) is 35.5 Å². The summed E-state index contributed by atoms with van der Waals surface area (Å²) in [5.41, 5.74) is 4.91. The lowest BCUT2D eigenvalue weighted by molar-refractivity contribution is -0.138. The zero-order chi connectivity index (χ0) is 26.7. The highest BCUT2D eigenvalue weighted by Crippen LogP contribution is 2.39. The third kappa shape index (κ3) is 6.03. The summed E-state index contributed by atoms with van der Waals surface area (Å²) in [4.78, 5) is 31.4. The molecule has 8 heteroatoms. The fourth-order valence-corrected chi connectivity index (χ4v) is 5.84. The quantitative estimate of drug-likeness (QED) is 0.231. The molecule has 6 nitrogen and oxygen atoms in total. The Morgan fingerprint density at radius 3 is 2.27 bits per heavy atom. The van der Waals surface area contributed by atoms with Crippen LogP contribution in [-0.2, 0) is 4.79 Å². The highest BCUT2D eigenvalue weighted by Gasteiger charge is 2.29. The van der Waals surface area contributed by atoms with Crippen LogP contribution in [0.25, 0.3) is 21.0 Å². The van der Waals surface area contributed by atoms with E-state index in [4.69, 9.17) is 9.72 Å². The van der Waals surface area contributed by atoms with Gasteiger partial charge in [-0.1, -0.05) is 35.9 Å². The number of carboxylic acids is 1. The second kappa shape index (κ2) is 10.8. The minimum Gasteiger partial charge on any atom is -0.497 e. The van der Waals surface area contributed by atoms with Crippen LogP contribution in [0.5, 0.6) is 5.75 Å². The van der Waals surface area contributed by atoms with Crippen LogP contribution in [0.4, 0.5) is 5.69 Å². The van der Waals surface area contributed by atoms with Gasteiger partial charge in [-0.25, -0.2) is 4.98 Å². The molecule has 37 heavy (non-hydrogen) atoms. The number of aliphatic carboxylic acids is 1. The molecule has 0 radical (unpaired) electrons. The third-order valence-corrected chi connectivity index (χ3v) is 8.13. The Morgan fingerprint density at radius 1 is 1.00 bits per heavy atom. The SMILES string of the molecule is COc1ccc(NC(=O)c2nc(-c3ccc(SC(C)(C)C(=O)O)cc3C)sc2-c2ccc(C)cc2)cc1. The average molecular weight is 533 g/mol. The molecule has 0 spiro atoms. The Morgan fingerprint density at radius 2 is 1.68 bits per heavy atom. The van der Waals surface area contributed by atoms with Crippen molar-refractivity contribution in [2.75, 3.05) is 12.4 Å². The third-order valence-electron chi connectivity index (χ3n) is 5.82. The average Bonchev–Trinajstić information content (AvgIpc) is 3.30. The summed E-state index contributed by atoms with van der Waals surface area (Å²) in [5.74, 6) is -0.455. The molecular weight excluding hydrogens is 504 g/mol. The van der Waals surface area contributed by atoms with Crippen molar-refractivity contribution in [2.45, 2.75) is 37.3 Å². The molecule has 4 rings (SSSR count). The number of aromatic nitrogens is 1. The predicted molar refractivity (Wildman–Crippen MR) is 151 cm³/mol. The van der Waals surface area contributed by atoms with Gasteiger partial charge in [-0.05, 0) is 75.2 Å². The number of methoxy groups -OCH3 is 1. The number of aryl methyl sites for hydroxylation is 2. The molecule has 0 saturated heterocycles. The molecule has 3 aromatic carbocycles. The van der Waals surface area contributed by atoms with Crippen molar-refractivity contribution >= 4 is 40.7 Å². The summed E-state index contributed by atoms with van der Waals surface area (Å²) in [6, 6.07) is 21.0. The Kier molecular flexibility index (Phi) is 7.71. The van der Waals surface area contributed by atoms with Crippen LogP contribution in [0.3, 0.4) is 0 Å². The van der Waals surface area contributed by atoms with Gasteiger partial charge in [0.15, 0.2) is 0 Å². The number of thiazole rings is 1. The standard InChI is InChI=1S/C29H28N2O4S2/c1-17-6-8-19(9-7-17)25-24(26(32)30-20-10-12-21(35-5)13-11-20)31-27(36-25)23-15-14-22(16-18(23)2)37-29(3,4)28(33)34/h6-16H,1-5H3,(H,30,32)(H,33,34). The van der Waals surface area contributed by atoms with E-state index in [1.807, 2.05) is 56.3 Å². The smallest absolute Gasteiger partial charge is 0.319 e. The zero-order valence-corrected chi connectivity index (χ0v) is 22.9. The van der Waals surface area contributed by atoms with E-state index < -0.39 is 10.7 Å². The second-order valence-corrected chi connectivity index (χ2v) is 11.8. The van der Waals surface area contributed by atoms with E-state index in [1.165, 1.54) is 23.1 Å². The molecule has 4 aromatic rings. The van der Waals surface area contributed by atoms with E-state index in [2.05, 4.69) is 5.32 Å². The van der Waals surface area contributed by atoms with Gasteiger partial charge in [0.2, 0.25) is 0 Å². The first-order valence-corrected chi connectivity index (χ1v) is 13.3. The van der Waals surface area contributed by atoms with Crippen molar-refractivity contribution in [1.29, 1.82) is 0 Å². The number of anilines is 1. The van der Waals surface area contributed by atoms with Crippen LogP contribution in [0.15, 0.2) is 71.6 Å². The molecule has 0 fully saturated rings. The van der Waals surface area contributed by atoms with Crippen LogP contribution < -0.4 is 10.1 Å². The van der Waals surface area contributed by atoms with Crippen molar-refractivity contribution in [3.8, 4) is 26.8 Å². The number of carboxylic acid groups (broad SMARTS) is 1. The molecule has 2 N–H and O–H groups in total. The van der Waals surface area contributed by atoms with E-state index in [0.717, 1.165) is 37.0 Å². The minimum atomic E-state index is -0.944. The van der Waals surface area contributed by atoms with Gasteiger partial charge in [-0.3, -0.25) is 9.59 Å². The van der Waals surface area contributed by atoms with Gasteiger partial charge in [0, 0.05) is 16.1 Å². The molecule has 190 valence electrons. The number of amides is 1. The zero-order valence-electron chi connectivity index (χ0n) is 21.3. The van der Waals surface area contributed by atoms with Crippen LogP contribution >= 0.6 is 23.1 Å². The molecule has 0 aliphatic carbocycles. The number of thioether (sulfide) groups is 1. The molecule has 0 aliphatic rings. The molecule has 0 atom stereocenters. The van der Waals surface area contributed by atoms with E-state index in [9.17, 15) is 14.7 Å². The molecule has 0 aliphatic heterocycles. The highest BCUT2D eigenvalue weighted by atomic mass is 32.2. The lowest BCUT2D eigenvalue weighted by atomic mass is 10.1. The van der Waals surface area contributed by atoms with Gasteiger partial charge in [0.05, 0.1) is 12.0 Å². The van der Waals surface area contributed by atoms with Crippen molar-refractivity contribution < 1.29 is 19.4 Å². The van der Waals surface area contributed by atoms with Crippen molar-refractivity contribution in [3.05, 3.63) is 83.6 Å². The number of benzene rings is 3. The fourth-order valence-electron chi connectivity index (χ4n) is 3.63. The number of carbonyl (C=O) groups excluding carboxylic acids is 1. The maximum Gasteiger partial charge on any atom is 0.319 e. The van der Waals surface area contributed by atoms with E-state index >= 15 is 0 Å². The van der Waals surface area contributed by atoms with E-state index in [-0.39, 0.29) is 5.91 Å². The first-order valence-electron chi connectivity index (χ1n) is 11.6. The first kappa shape index (κ1) is 26.4. The molecule has 1 amide bonds. The van der Waals surface area contributed by atoms with Gasteiger partial charge >= 0.3 is 5.97 Å². The Balaban J connectivity index is 1.71. The van der Waals surface area contributed by atoms with E-state index in [0.29, 0.717) is 17.1 Å². The Labute approximate surface area is 224 Å². The number of nitrogens with zero attached hydrogens (tertiary/aromatic N) is 1. The summed E-state index contributed by atoms with van der Waals surface area (Å²) in [5, 5.41) is 13.1. The lowest BCUT2D eigenvalue weighted by Crippen LogP contribution is -2.26. The number of carbonyl (C=O) groups is 2. The molecule has 1 heterocycles. The Bertz CT molecular complexity index is 1440. The maximum absolute atomic E-state index is 13.4. The number of rotatable bonds is 8. The van der Waals surface area contributed by atoms with Crippen LogP contribution in [0.2, 0.25) is 0 Å². The fraction of sp³-hybridized carbons (Fsp3) is 0.207. The monoisotopic (exact) mass is 532 g/mol.